The van der Waals surface area contributed by atoms with Gasteiger partial charge in [-0.2, -0.15) is 0 Å². The van der Waals surface area contributed by atoms with Crippen molar-refractivity contribution in [3.63, 3.8) is 0 Å². The molecule has 0 bridgehead atoms. The normalized spacial score (nSPS) is 18.1. The summed E-state index contributed by atoms with van der Waals surface area (Å²) in [6, 6.07) is 8.36. The predicted molar refractivity (Wildman–Crippen MR) is 85.2 cm³/mol. The summed E-state index contributed by atoms with van der Waals surface area (Å²) in [6.07, 6.45) is 0.997. The largest absolute Gasteiger partial charge is 0.346 e. The average molecular weight is 304 g/mol. The Morgan fingerprint density at radius 3 is 2.73 bits per heavy atom. The molecule has 6 heteroatoms. The number of carbonyl (C=O) groups excluding carboxylic acids is 2. The maximum atomic E-state index is 12.4. The average Bonchev–Trinajstić information content (AvgIpc) is 2.59. The number of carbonyl (C=O) groups is 2. The van der Waals surface area contributed by atoms with Crippen LogP contribution in [0.5, 0.6) is 0 Å². The Bertz CT molecular complexity index is 515. The van der Waals surface area contributed by atoms with E-state index in [1.807, 2.05) is 4.90 Å². The summed E-state index contributed by atoms with van der Waals surface area (Å²) in [5.74, 6) is -0.389. The highest BCUT2D eigenvalue weighted by Crippen LogP contribution is 2.22. The minimum Gasteiger partial charge on any atom is -0.346 e. The Labute approximate surface area is 131 Å². The first kappa shape index (κ1) is 16.5. The summed E-state index contributed by atoms with van der Waals surface area (Å²) in [4.78, 5) is 25.4. The summed E-state index contributed by atoms with van der Waals surface area (Å²) in [5, 5.41) is 5.87. The topological polar surface area (TPSA) is 87.5 Å². The second-order valence-electron chi connectivity index (χ2n) is 5.38. The molecule has 1 saturated heterocycles. The molecule has 1 aromatic carbocycles. The summed E-state index contributed by atoms with van der Waals surface area (Å²) >= 11 is 0. The first-order valence-electron chi connectivity index (χ1n) is 7.71. The van der Waals surface area contributed by atoms with Gasteiger partial charge in [0.25, 0.3) is 0 Å². The van der Waals surface area contributed by atoms with E-state index >= 15 is 0 Å². The molecular weight excluding hydrogens is 280 g/mol. The zero-order valence-electron chi connectivity index (χ0n) is 13.0. The summed E-state index contributed by atoms with van der Waals surface area (Å²) in [6.45, 7) is 4.14. The number of rotatable bonds is 5. The SMILES string of the molecule is CCc1ccc(C2CNCCN2C(=O)CNC(=O)CN)cc1. The molecule has 2 amide bonds. The third-order valence-corrected chi connectivity index (χ3v) is 3.96. The first-order valence-corrected chi connectivity index (χ1v) is 7.71. The first-order chi connectivity index (χ1) is 10.7. The molecule has 1 aliphatic heterocycles. The highest BCUT2D eigenvalue weighted by Gasteiger charge is 2.27. The second-order valence-corrected chi connectivity index (χ2v) is 5.38. The minimum atomic E-state index is -0.313. The van der Waals surface area contributed by atoms with E-state index < -0.39 is 0 Å². The van der Waals surface area contributed by atoms with Crippen molar-refractivity contribution in [3.8, 4) is 0 Å². The van der Waals surface area contributed by atoms with Crippen LogP contribution < -0.4 is 16.4 Å². The molecule has 1 aliphatic rings. The highest BCUT2D eigenvalue weighted by atomic mass is 16.2. The van der Waals surface area contributed by atoms with Gasteiger partial charge in [0.1, 0.15) is 0 Å². The Morgan fingerprint density at radius 1 is 1.36 bits per heavy atom. The fourth-order valence-electron chi connectivity index (χ4n) is 2.62. The van der Waals surface area contributed by atoms with Crippen molar-refractivity contribution < 1.29 is 9.59 Å². The van der Waals surface area contributed by atoms with Crippen LogP contribution in [0, 0.1) is 0 Å². The van der Waals surface area contributed by atoms with Gasteiger partial charge >= 0.3 is 0 Å². The molecule has 1 fully saturated rings. The van der Waals surface area contributed by atoms with Crippen LogP contribution in [0.25, 0.3) is 0 Å². The van der Waals surface area contributed by atoms with Crippen molar-refractivity contribution in [1.82, 2.24) is 15.5 Å². The third kappa shape index (κ3) is 4.05. The molecule has 0 radical (unpaired) electrons. The highest BCUT2D eigenvalue weighted by molar-refractivity contribution is 5.85. The van der Waals surface area contributed by atoms with Crippen LogP contribution in [0.15, 0.2) is 24.3 Å². The molecule has 0 saturated carbocycles. The Balaban J connectivity index is 2.06. The van der Waals surface area contributed by atoms with Gasteiger partial charge in [0.05, 0.1) is 19.1 Å². The van der Waals surface area contributed by atoms with E-state index in [2.05, 4.69) is 41.8 Å². The van der Waals surface area contributed by atoms with Gasteiger partial charge in [0.2, 0.25) is 11.8 Å². The van der Waals surface area contributed by atoms with E-state index in [9.17, 15) is 9.59 Å². The van der Waals surface area contributed by atoms with Gasteiger partial charge in [0, 0.05) is 19.6 Å². The molecule has 120 valence electrons. The molecule has 0 aromatic heterocycles. The lowest BCUT2D eigenvalue weighted by Gasteiger charge is -2.36. The van der Waals surface area contributed by atoms with Gasteiger partial charge in [-0.05, 0) is 17.5 Å². The van der Waals surface area contributed by atoms with Crippen molar-refractivity contribution in [2.24, 2.45) is 5.73 Å². The van der Waals surface area contributed by atoms with Crippen LogP contribution in [-0.4, -0.2) is 49.4 Å². The zero-order chi connectivity index (χ0) is 15.9. The maximum Gasteiger partial charge on any atom is 0.242 e. The number of aryl methyl sites for hydroxylation is 1. The van der Waals surface area contributed by atoms with E-state index in [0.717, 1.165) is 25.1 Å². The van der Waals surface area contributed by atoms with Crippen LogP contribution in [0.4, 0.5) is 0 Å². The number of hydrogen-bond donors (Lipinski definition) is 3. The molecule has 0 aliphatic carbocycles. The molecule has 1 heterocycles. The standard InChI is InChI=1S/C16H24N4O2/c1-2-12-3-5-13(6-4-12)14-10-18-7-8-20(14)16(22)11-19-15(21)9-17/h3-6,14,18H,2,7-11,17H2,1H3,(H,19,21). The Hall–Kier alpha value is -1.92. The van der Waals surface area contributed by atoms with Crippen LogP contribution >= 0.6 is 0 Å². The van der Waals surface area contributed by atoms with E-state index in [4.69, 9.17) is 5.73 Å². The summed E-state index contributed by atoms with van der Waals surface area (Å²) in [7, 11) is 0. The smallest absolute Gasteiger partial charge is 0.242 e. The molecule has 2 rings (SSSR count). The van der Waals surface area contributed by atoms with Crippen molar-refractivity contribution in [2.75, 3.05) is 32.7 Å². The number of nitrogens with two attached hydrogens (primary N) is 1. The van der Waals surface area contributed by atoms with Crippen molar-refractivity contribution in [3.05, 3.63) is 35.4 Å². The fourth-order valence-corrected chi connectivity index (χ4v) is 2.62. The van der Waals surface area contributed by atoms with E-state index in [-0.39, 0.29) is 30.9 Å². The van der Waals surface area contributed by atoms with Gasteiger partial charge in [0.15, 0.2) is 0 Å². The molecule has 1 aromatic rings. The van der Waals surface area contributed by atoms with Gasteiger partial charge in [-0.25, -0.2) is 0 Å². The Morgan fingerprint density at radius 2 is 2.09 bits per heavy atom. The predicted octanol–water partition coefficient (Wildman–Crippen LogP) is -0.203. The van der Waals surface area contributed by atoms with Gasteiger partial charge < -0.3 is 21.3 Å². The molecule has 1 atom stereocenters. The van der Waals surface area contributed by atoms with E-state index in [1.54, 1.807) is 0 Å². The third-order valence-electron chi connectivity index (χ3n) is 3.96. The molecule has 0 spiro atoms. The van der Waals surface area contributed by atoms with Gasteiger partial charge in [-0.1, -0.05) is 31.2 Å². The van der Waals surface area contributed by atoms with E-state index in [0.29, 0.717) is 6.54 Å². The van der Waals surface area contributed by atoms with Crippen LogP contribution in [-0.2, 0) is 16.0 Å². The van der Waals surface area contributed by atoms with Crippen LogP contribution in [0.3, 0.4) is 0 Å². The lowest BCUT2D eigenvalue weighted by Crippen LogP contribution is -2.51. The number of nitrogens with zero attached hydrogens (tertiary/aromatic N) is 1. The second kappa shape index (κ2) is 7.91. The number of piperazine rings is 1. The number of amides is 2. The van der Waals surface area contributed by atoms with Crippen LogP contribution in [0.2, 0.25) is 0 Å². The number of nitrogens with one attached hydrogen (secondary N) is 2. The van der Waals surface area contributed by atoms with Crippen molar-refractivity contribution in [1.29, 1.82) is 0 Å². The van der Waals surface area contributed by atoms with Gasteiger partial charge in [-0.15, -0.1) is 0 Å². The molecule has 6 nitrogen and oxygen atoms in total. The molecular formula is C16H24N4O2. The summed E-state index contributed by atoms with van der Waals surface area (Å²) < 4.78 is 0. The lowest BCUT2D eigenvalue weighted by molar-refractivity contribution is -0.135. The molecule has 4 N–H and O–H groups in total. The summed E-state index contributed by atoms with van der Waals surface area (Å²) in [5.41, 5.74) is 7.63. The molecule has 1 unspecified atom stereocenters. The number of hydrogen-bond acceptors (Lipinski definition) is 4. The Kier molecular flexibility index (Phi) is 5.91. The molecule has 22 heavy (non-hydrogen) atoms. The van der Waals surface area contributed by atoms with Gasteiger partial charge in [-0.3, -0.25) is 9.59 Å². The number of benzene rings is 1. The maximum absolute atomic E-state index is 12.4. The van der Waals surface area contributed by atoms with Crippen LogP contribution in [0.1, 0.15) is 24.1 Å². The van der Waals surface area contributed by atoms with Crippen molar-refractivity contribution >= 4 is 11.8 Å². The van der Waals surface area contributed by atoms with E-state index in [1.165, 1.54) is 5.56 Å². The fraction of sp³-hybridized carbons (Fsp3) is 0.500. The quantitative estimate of drug-likeness (QED) is 0.703. The minimum absolute atomic E-state index is 0.000420. The zero-order valence-corrected chi connectivity index (χ0v) is 13.0. The monoisotopic (exact) mass is 304 g/mol. The van der Waals surface area contributed by atoms with Crippen molar-refractivity contribution in [2.45, 2.75) is 19.4 Å². The lowest BCUT2D eigenvalue weighted by atomic mass is 10.0.